The van der Waals surface area contributed by atoms with E-state index >= 15 is 0 Å². The molecule has 2 aromatic rings. The Bertz CT molecular complexity index is 887. The minimum absolute atomic E-state index is 0.0716. The van der Waals surface area contributed by atoms with Crippen molar-refractivity contribution in [3.63, 3.8) is 0 Å². The summed E-state index contributed by atoms with van der Waals surface area (Å²) >= 11 is 1.43. The third-order valence-corrected chi connectivity index (χ3v) is 6.69. The molecule has 0 radical (unpaired) electrons. The highest BCUT2D eigenvalue weighted by Crippen LogP contribution is 2.40. The molecule has 1 aromatic carbocycles. The number of piperazine rings is 1. The maximum Gasteiger partial charge on any atom is 0.341 e. The molecule has 31 heavy (non-hydrogen) atoms. The zero-order valence-electron chi connectivity index (χ0n) is 18.9. The molecule has 7 heteroatoms. The van der Waals surface area contributed by atoms with Crippen molar-refractivity contribution in [1.29, 1.82) is 0 Å². The second-order valence-corrected chi connectivity index (χ2v) is 9.32. The molecule has 1 saturated heterocycles. The van der Waals surface area contributed by atoms with Gasteiger partial charge >= 0.3 is 5.97 Å². The molecule has 6 nitrogen and oxygen atoms in total. The number of anilines is 1. The first-order valence-corrected chi connectivity index (χ1v) is 11.8. The lowest BCUT2D eigenvalue weighted by molar-refractivity contribution is -0.116. The Balaban J connectivity index is 1.69. The van der Waals surface area contributed by atoms with Gasteiger partial charge in [-0.1, -0.05) is 30.3 Å². The topological polar surface area (TPSA) is 61.9 Å². The molecule has 1 N–H and O–H groups in total. The average molecular weight is 444 g/mol. The van der Waals surface area contributed by atoms with Crippen LogP contribution >= 0.6 is 11.3 Å². The quantitative estimate of drug-likeness (QED) is 0.618. The van der Waals surface area contributed by atoms with Crippen molar-refractivity contribution in [3.05, 3.63) is 40.8 Å². The molecule has 1 fully saturated rings. The van der Waals surface area contributed by atoms with Gasteiger partial charge in [-0.05, 0) is 33.3 Å². The summed E-state index contributed by atoms with van der Waals surface area (Å²) in [5.41, 5.74) is 2.24. The summed E-state index contributed by atoms with van der Waals surface area (Å²) in [6.45, 7) is 13.3. The summed E-state index contributed by atoms with van der Waals surface area (Å²) in [6.07, 6.45) is 0.404. The van der Waals surface area contributed by atoms with Crippen molar-refractivity contribution in [2.75, 3.05) is 44.6 Å². The number of thiophene rings is 1. The maximum atomic E-state index is 12.8. The highest BCUT2D eigenvalue weighted by molar-refractivity contribution is 7.17. The summed E-state index contributed by atoms with van der Waals surface area (Å²) in [5.74, 6) is -0.469. The summed E-state index contributed by atoms with van der Waals surface area (Å²) in [4.78, 5) is 31.3. The Kier molecular flexibility index (Phi) is 8.23. The zero-order valence-corrected chi connectivity index (χ0v) is 19.8. The number of carbonyl (C=O) groups is 2. The van der Waals surface area contributed by atoms with Gasteiger partial charge in [-0.2, -0.15) is 0 Å². The van der Waals surface area contributed by atoms with Crippen molar-refractivity contribution in [2.45, 2.75) is 40.2 Å². The fraction of sp³-hybridized carbons (Fsp3) is 0.500. The van der Waals surface area contributed by atoms with Gasteiger partial charge in [0.25, 0.3) is 0 Å². The van der Waals surface area contributed by atoms with Crippen LogP contribution in [0.5, 0.6) is 0 Å². The molecular formula is C24H33N3O3S. The fourth-order valence-electron chi connectivity index (χ4n) is 3.94. The Morgan fingerprint density at radius 2 is 1.81 bits per heavy atom. The first-order valence-electron chi connectivity index (χ1n) is 11.0. The van der Waals surface area contributed by atoms with Crippen LogP contribution in [0.15, 0.2) is 30.3 Å². The molecule has 1 aliphatic rings. The predicted octanol–water partition coefficient (Wildman–Crippen LogP) is 4.25. The smallest absolute Gasteiger partial charge is 0.341 e. The van der Waals surface area contributed by atoms with E-state index in [1.54, 1.807) is 6.92 Å². The number of aryl methyl sites for hydroxylation is 1. The molecule has 3 rings (SSSR count). The molecule has 1 amide bonds. The van der Waals surface area contributed by atoms with Crippen LogP contribution in [-0.2, 0) is 9.53 Å². The SMILES string of the molecule is CCOC(=O)c1c(NC(=O)CCN2CCN(C(C)C)CC2)sc(C)c1-c1ccccc1. The number of esters is 1. The van der Waals surface area contributed by atoms with E-state index in [2.05, 4.69) is 29.0 Å². The number of hydrogen-bond donors (Lipinski definition) is 1. The minimum Gasteiger partial charge on any atom is -0.462 e. The van der Waals surface area contributed by atoms with Crippen molar-refractivity contribution < 1.29 is 14.3 Å². The van der Waals surface area contributed by atoms with Gasteiger partial charge in [0.1, 0.15) is 10.6 Å². The van der Waals surface area contributed by atoms with Gasteiger partial charge < -0.3 is 15.0 Å². The van der Waals surface area contributed by atoms with Crippen molar-refractivity contribution in [1.82, 2.24) is 9.80 Å². The van der Waals surface area contributed by atoms with Crippen LogP contribution in [0.4, 0.5) is 5.00 Å². The molecule has 2 heterocycles. The number of nitrogens with one attached hydrogen (secondary N) is 1. The fourth-order valence-corrected chi connectivity index (χ4v) is 5.02. The summed E-state index contributed by atoms with van der Waals surface area (Å²) in [5, 5.41) is 3.56. The van der Waals surface area contributed by atoms with E-state index in [-0.39, 0.29) is 12.5 Å². The van der Waals surface area contributed by atoms with Gasteiger partial charge in [0.2, 0.25) is 5.91 Å². The normalized spacial score (nSPS) is 15.3. The lowest BCUT2D eigenvalue weighted by atomic mass is 10.0. The van der Waals surface area contributed by atoms with Gasteiger partial charge in [-0.15, -0.1) is 11.3 Å². The van der Waals surface area contributed by atoms with E-state index in [1.807, 2.05) is 37.3 Å². The van der Waals surface area contributed by atoms with Crippen LogP contribution in [0.3, 0.4) is 0 Å². The number of benzene rings is 1. The molecule has 1 aromatic heterocycles. The lowest BCUT2D eigenvalue weighted by Crippen LogP contribution is -2.49. The van der Waals surface area contributed by atoms with Crippen LogP contribution < -0.4 is 5.32 Å². The standard InChI is InChI=1S/C24H33N3O3S/c1-5-30-24(29)22-21(19-9-7-6-8-10-19)18(4)31-23(22)25-20(28)11-12-26-13-15-27(16-14-26)17(2)3/h6-10,17H,5,11-16H2,1-4H3,(H,25,28). The lowest BCUT2D eigenvalue weighted by Gasteiger charge is -2.36. The monoisotopic (exact) mass is 443 g/mol. The summed E-state index contributed by atoms with van der Waals surface area (Å²) in [6, 6.07) is 10.3. The molecule has 1 aliphatic heterocycles. The number of carbonyl (C=O) groups excluding carboxylic acids is 2. The molecule has 0 saturated carbocycles. The number of rotatable bonds is 8. The van der Waals surface area contributed by atoms with Gasteiger partial charge in [0, 0.05) is 55.6 Å². The molecular weight excluding hydrogens is 410 g/mol. The summed E-state index contributed by atoms with van der Waals surface area (Å²) < 4.78 is 5.31. The Hall–Kier alpha value is -2.22. The van der Waals surface area contributed by atoms with Crippen molar-refractivity contribution in [3.8, 4) is 11.1 Å². The van der Waals surface area contributed by atoms with E-state index < -0.39 is 5.97 Å². The van der Waals surface area contributed by atoms with E-state index in [1.165, 1.54) is 11.3 Å². The first-order chi connectivity index (χ1) is 14.9. The number of ether oxygens (including phenoxy) is 1. The number of nitrogens with zero attached hydrogens (tertiary/aromatic N) is 2. The van der Waals surface area contributed by atoms with E-state index in [9.17, 15) is 9.59 Å². The highest BCUT2D eigenvalue weighted by Gasteiger charge is 2.26. The van der Waals surface area contributed by atoms with Crippen LogP contribution in [0, 0.1) is 6.92 Å². The minimum atomic E-state index is -0.397. The molecule has 0 spiro atoms. The maximum absolute atomic E-state index is 12.8. The Labute approximate surface area is 189 Å². The second-order valence-electron chi connectivity index (χ2n) is 8.09. The van der Waals surface area contributed by atoms with Crippen LogP contribution in [-0.4, -0.2) is 67.0 Å². The summed E-state index contributed by atoms with van der Waals surface area (Å²) in [7, 11) is 0. The molecule has 0 unspecified atom stereocenters. The number of hydrogen-bond acceptors (Lipinski definition) is 6. The van der Waals surface area contributed by atoms with Crippen molar-refractivity contribution >= 4 is 28.2 Å². The average Bonchev–Trinajstić information content (AvgIpc) is 3.08. The van der Waals surface area contributed by atoms with Gasteiger partial charge in [-0.3, -0.25) is 9.69 Å². The first kappa shape index (κ1) is 23.4. The van der Waals surface area contributed by atoms with Crippen molar-refractivity contribution in [2.24, 2.45) is 0 Å². The predicted molar refractivity (Wildman–Crippen MR) is 127 cm³/mol. The van der Waals surface area contributed by atoms with Gasteiger partial charge in [-0.25, -0.2) is 4.79 Å². The van der Waals surface area contributed by atoms with Crippen LogP contribution in [0.1, 0.15) is 42.4 Å². The second kappa shape index (κ2) is 10.9. The Morgan fingerprint density at radius 3 is 2.42 bits per heavy atom. The highest BCUT2D eigenvalue weighted by atomic mass is 32.1. The molecule has 0 aliphatic carbocycles. The van der Waals surface area contributed by atoms with Gasteiger partial charge in [0.05, 0.1) is 6.61 Å². The van der Waals surface area contributed by atoms with E-state index in [0.29, 0.717) is 23.0 Å². The molecule has 0 bridgehead atoms. The third kappa shape index (κ3) is 5.93. The number of amides is 1. The largest absolute Gasteiger partial charge is 0.462 e. The van der Waals surface area contributed by atoms with Gasteiger partial charge in [0.15, 0.2) is 0 Å². The van der Waals surface area contributed by atoms with E-state index in [4.69, 9.17) is 4.74 Å². The van der Waals surface area contributed by atoms with Crippen LogP contribution in [0.25, 0.3) is 11.1 Å². The zero-order chi connectivity index (χ0) is 22.4. The van der Waals surface area contributed by atoms with Crippen LogP contribution in [0.2, 0.25) is 0 Å². The Morgan fingerprint density at radius 1 is 1.13 bits per heavy atom. The third-order valence-electron chi connectivity index (χ3n) is 5.67. The van der Waals surface area contributed by atoms with E-state index in [0.717, 1.165) is 48.7 Å². The molecule has 168 valence electrons. The molecule has 0 atom stereocenters.